The van der Waals surface area contributed by atoms with Crippen molar-refractivity contribution in [1.29, 1.82) is 0 Å². The molecule has 0 bridgehead atoms. The summed E-state index contributed by atoms with van der Waals surface area (Å²) in [6.07, 6.45) is 0. The number of fused-ring (bicyclic) bond motifs is 3. The van der Waals surface area contributed by atoms with Gasteiger partial charge in [-0.15, -0.1) is 0 Å². The van der Waals surface area contributed by atoms with Gasteiger partial charge in [-0.2, -0.15) is 0 Å². The first-order chi connectivity index (χ1) is 10.3. The molecule has 0 aliphatic rings. The zero-order valence-electron chi connectivity index (χ0n) is 12.0. The Morgan fingerprint density at radius 1 is 0.571 bits per heavy atom. The molecule has 0 unspecified atom stereocenters. The van der Waals surface area contributed by atoms with Crippen LogP contribution in [0.25, 0.3) is 32.7 Å². The van der Waals surface area contributed by atoms with Gasteiger partial charge < -0.3 is 0 Å². The van der Waals surface area contributed by atoms with Crippen LogP contribution in [0.4, 0.5) is 0 Å². The van der Waals surface area contributed by atoms with Gasteiger partial charge in [-0.25, -0.2) is 0 Å². The van der Waals surface area contributed by atoms with Crippen molar-refractivity contribution in [3.8, 4) is 11.1 Å². The Labute approximate surface area is 125 Å². The molecule has 4 aromatic carbocycles. The van der Waals surface area contributed by atoms with E-state index in [0.29, 0.717) is 0 Å². The summed E-state index contributed by atoms with van der Waals surface area (Å²) in [6, 6.07) is 28.4. The van der Waals surface area contributed by atoms with Crippen LogP contribution in [-0.4, -0.2) is 7.85 Å². The highest BCUT2D eigenvalue weighted by Crippen LogP contribution is 2.34. The molecule has 4 aromatic rings. The third-order valence-electron chi connectivity index (χ3n) is 4.10. The third-order valence-corrected chi connectivity index (χ3v) is 4.10. The van der Waals surface area contributed by atoms with Crippen LogP contribution in [0, 0.1) is 0 Å². The molecule has 0 radical (unpaired) electrons. The molecule has 98 valence electrons. The van der Waals surface area contributed by atoms with Crippen molar-refractivity contribution < 1.29 is 0 Å². The average molecular weight is 266 g/mol. The second-order valence-corrected chi connectivity index (χ2v) is 5.56. The highest BCUT2D eigenvalue weighted by Gasteiger charge is 2.07. The molecular formula is C20H15B. The molecule has 0 amide bonds. The Hall–Kier alpha value is -2.54. The summed E-state index contributed by atoms with van der Waals surface area (Å²) < 4.78 is 0. The van der Waals surface area contributed by atoms with Gasteiger partial charge in [-0.05, 0) is 38.7 Å². The largest absolute Gasteiger partial charge is 0.139 e. The van der Waals surface area contributed by atoms with Crippen LogP contribution in [0.2, 0.25) is 0 Å². The summed E-state index contributed by atoms with van der Waals surface area (Å²) in [6.45, 7) is 0. The molecule has 0 spiro atoms. The van der Waals surface area contributed by atoms with Gasteiger partial charge in [0.15, 0.2) is 0 Å². The first-order valence-corrected chi connectivity index (χ1v) is 7.30. The molecule has 0 saturated carbocycles. The lowest BCUT2D eigenvalue weighted by atomic mass is 9.89. The van der Waals surface area contributed by atoms with Crippen LogP contribution in [0.3, 0.4) is 0 Å². The molecule has 4 rings (SSSR count). The lowest BCUT2D eigenvalue weighted by Crippen LogP contribution is -2.00. The lowest BCUT2D eigenvalue weighted by Gasteiger charge is -2.11. The SMILES string of the molecule is Bc1cccc(-c2cc3ccccc3c3ccccc23)c1. The minimum Gasteiger partial charge on any atom is -0.0884 e. The fraction of sp³-hybridized carbons (Fsp3) is 0. The summed E-state index contributed by atoms with van der Waals surface area (Å²) >= 11 is 0. The Kier molecular flexibility index (Phi) is 2.78. The Bertz CT molecular complexity index is 954. The smallest absolute Gasteiger partial charge is 0.0884 e. The fourth-order valence-corrected chi connectivity index (χ4v) is 3.11. The maximum atomic E-state index is 2.31. The second kappa shape index (κ2) is 4.78. The lowest BCUT2D eigenvalue weighted by molar-refractivity contribution is 1.69. The summed E-state index contributed by atoms with van der Waals surface area (Å²) in [7, 11) is 2.15. The Morgan fingerprint density at radius 3 is 2.10 bits per heavy atom. The van der Waals surface area contributed by atoms with Gasteiger partial charge in [0.1, 0.15) is 7.85 Å². The molecule has 21 heavy (non-hydrogen) atoms. The highest BCUT2D eigenvalue weighted by atomic mass is 14.1. The van der Waals surface area contributed by atoms with Crippen molar-refractivity contribution in [2.45, 2.75) is 0 Å². The average Bonchev–Trinajstić information content (AvgIpc) is 2.54. The van der Waals surface area contributed by atoms with Gasteiger partial charge >= 0.3 is 0 Å². The van der Waals surface area contributed by atoms with Gasteiger partial charge in [0.25, 0.3) is 0 Å². The van der Waals surface area contributed by atoms with E-state index in [1.165, 1.54) is 38.1 Å². The standard InChI is InChI=1S/C20H15B/c21-16-8-5-7-14(12-16)20-13-15-6-1-2-9-17(15)18-10-3-4-11-19(18)20/h1-13H,21H2. The number of hydrogen-bond acceptors (Lipinski definition) is 0. The zero-order valence-corrected chi connectivity index (χ0v) is 12.0. The minimum absolute atomic E-state index is 1.29. The molecule has 0 atom stereocenters. The van der Waals surface area contributed by atoms with Gasteiger partial charge in [0.05, 0.1) is 0 Å². The number of hydrogen-bond donors (Lipinski definition) is 0. The van der Waals surface area contributed by atoms with Gasteiger partial charge in [-0.1, -0.05) is 78.3 Å². The normalized spacial score (nSPS) is 11.0. The Balaban J connectivity index is 2.16. The molecule has 0 aliphatic heterocycles. The van der Waals surface area contributed by atoms with E-state index in [2.05, 4.69) is 86.7 Å². The predicted molar refractivity (Wildman–Crippen MR) is 95.1 cm³/mol. The van der Waals surface area contributed by atoms with E-state index in [4.69, 9.17) is 0 Å². The van der Waals surface area contributed by atoms with E-state index in [1.54, 1.807) is 0 Å². The van der Waals surface area contributed by atoms with Crippen LogP contribution in [0.1, 0.15) is 0 Å². The van der Waals surface area contributed by atoms with E-state index in [-0.39, 0.29) is 0 Å². The third kappa shape index (κ3) is 2.02. The van der Waals surface area contributed by atoms with Crippen molar-refractivity contribution in [1.82, 2.24) is 0 Å². The van der Waals surface area contributed by atoms with Gasteiger partial charge in [-0.3, -0.25) is 0 Å². The molecular weight excluding hydrogens is 251 g/mol. The molecule has 0 fully saturated rings. The maximum absolute atomic E-state index is 2.31. The minimum atomic E-state index is 1.29. The fourth-order valence-electron chi connectivity index (χ4n) is 3.11. The monoisotopic (exact) mass is 266 g/mol. The Morgan fingerprint density at radius 2 is 1.29 bits per heavy atom. The summed E-state index contributed by atoms with van der Waals surface area (Å²) in [4.78, 5) is 0. The van der Waals surface area contributed by atoms with E-state index in [9.17, 15) is 0 Å². The first-order valence-electron chi connectivity index (χ1n) is 7.30. The second-order valence-electron chi connectivity index (χ2n) is 5.56. The van der Waals surface area contributed by atoms with E-state index in [1.807, 2.05) is 0 Å². The van der Waals surface area contributed by atoms with Crippen LogP contribution in [0.15, 0.2) is 78.9 Å². The quantitative estimate of drug-likeness (QED) is 0.362. The van der Waals surface area contributed by atoms with Crippen LogP contribution in [0.5, 0.6) is 0 Å². The molecule has 0 nitrogen and oxygen atoms in total. The summed E-state index contributed by atoms with van der Waals surface area (Å²) in [5, 5.41) is 5.27. The van der Waals surface area contributed by atoms with Crippen LogP contribution >= 0.6 is 0 Å². The van der Waals surface area contributed by atoms with Crippen LogP contribution in [-0.2, 0) is 0 Å². The predicted octanol–water partition coefficient (Wildman–Crippen LogP) is 3.92. The van der Waals surface area contributed by atoms with Gasteiger partial charge in [0.2, 0.25) is 0 Å². The zero-order chi connectivity index (χ0) is 14.2. The highest BCUT2D eigenvalue weighted by molar-refractivity contribution is 6.32. The summed E-state index contributed by atoms with van der Waals surface area (Å²) in [5.41, 5.74) is 3.90. The van der Waals surface area contributed by atoms with Crippen molar-refractivity contribution >= 4 is 34.9 Å². The first kappa shape index (κ1) is 12.2. The van der Waals surface area contributed by atoms with Crippen LogP contribution < -0.4 is 5.46 Å². The topological polar surface area (TPSA) is 0 Å². The number of rotatable bonds is 1. The molecule has 1 heteroatoms. The molecule has 0 saturated heterocycles. The summed E-state index contributed by atoms with van der Waals surface area (Å²) in [5.74, 6) is 0. The maximum Gasteiger partial charge on any atom is 0.139 e. The number of benzene rings is 4. The van der Waals surface area contributed by atoms with Crippen molar-refractivity contribution in [3.05, 3.63) is 78.9 Å². The molecule has 0 aromatic heterocycles. The van der Waals surface area contributed by atoms with E-state index < -0.39 is 0 Å². The van der Waals surface area contributed by atoms with Crippen molar-refractivity contribution in [2.75, 3.05) is 0 Å². The molecule has 0 heterocycles. The van der Waals surface area contributed by atoms with E-state index in [0.717, 1.165) is 0 Å². The van der Waals surface area contributed by atoms with Gasteiger partial charge in [0, 0.05) is 0 Å². The van der Waals surface area contributed by atoms with Crippen molar-refractivity contribution in [3.63, 3.8) is 0 Å². The molecule has 0 N–H and O–H groups in total. The van der Waals surface area contributed by atoms with Crippen molar-refractivity contribution in [2.24, 2.45) is 0 Å². The van der Waals surface area contributed by atoms with E-state index >= 15 is 0 Å². The molecule has 0 aliphatic carbocycles.